The first-order chi connectivity index (χ1) is 15.2. The van der Waals surface area contributed by atoms with Crippen LogP contribution in [0.2, 0.25) is 10.0 Å². The molecule has 6 nitrogen and oxygen atoms in total. The van der Waals surface area contributed by atoms with E-state index in [-0.39, 0.29) is 47.4 Å². The van der Waals surface area contributed by atoms with Crippen LogP contribution in [0.25, 0.3) is 0 Å². The minimum Gasteiger partial charge on any atom is -0.397 e. The van der Waals surface area contributed by atoms with Gasteiger partial charge in [-0.15, -0.1) is 0 Å². The van der Waals surface area contributed by atoms with Crippen molar-refractivity contribution in [3.8, 4) is 0 Å². The molecular weight excluding hydrogens is 461 g/mol. The Kier molecular flexibility index (Phi) is 7.69. The van der Waals surface area contributed by atoms with Gasteiger partial charge in [0.15, 0.2) is 0 Å². The van der Waals surface area contributed by atoms with Crippen molar-refractivity contribution < 1.29 is 18.7 Å². The maximum absolute atomic E-state index is 13.6. The van der Waals surface area contributed by atoms with Gasteiger partial charge in [-0.05, 0) is 30.7 Å². The van der Waals surface area contributed by atoms with Crippen LogP contribution in [0.4, 0.5) is 31.5 Å². The Hall–Kier alpha value is -2.29. The Morgan fingerprint density at radius 2 is 1.88 bits per heavy atom. The quantitative estimate of drug-likeness (QED) is 0.415. The van der Waals surface area contributed by atoms with Crippen LogP contribution in [-0.2, 0) is 4.79 Å². The molecule has 1 aliphatic rings. The van der Waals surface area contributed by atoms with Gasteiger partial charge in [0.2, 0.25) is 5.91 Å². The number of halogens is 4. The molecule has 0 aliphatic carbocycles. The summed E-state index contributed by atoms with van der Waals surface area (Å²) in [7, 11) is 0. The Bertz CT molecular complexity index is 963. The van der Waals surface area contributed by atoms with Crippen LogP contribution in [0.3, 0.4) is 0 Å². The number of piperidine rings is 1. The number of rotatable bonds is 7. The number of anilines is 4. The molecule has 1 aliphatic heterocycles. The van der Waals surface area contributed by atoms with Crippen LogP contribution < -0.4 is 21.3 Å². The summed E-state index contributed by atoms with van der Waals surface area (Å²) in [4.78, 5) is 14.6. The third kappa shape index (κ3) is 5.36. The Morgan fingerprint density at radius 1 is 1.25 bits per heavy atom. The van der Waals surface area contributed by atoms with Crippen molar-refractivity contribution in [3.05, 3.63) is 45.9 Å². The van der Waals surface area contributed by atoms with Gasteiger partial charge in [0.25, 0.3) is 5.92 Å². The second kappa shape index (κ2) is 10.1. The lowest BCUT2D eigenvalue weighted by Gasteiger charge is -2.35. The van der Waals surface area contributed by atoms with Gasteiger partial charge in [0, 0.05) is 38.2 Å². The predicted octanol–water partition coefficient (Wildman–Crippen LogP) is 4.96. The molecular formula is C22H26Cl2F2N4O2. The molecule has 174 valence electrons. The van der Waals surface area contributed by atoms with Gasteiger partial charge in [-0.3, -0.25) is 4.79 Å². The summed E-state index contributed by atoms with van der Waals surface area (Å²) >= 11 is 12.9. The number of hydrogen-bond acceptors (Lipinski definition) is 5. The van der Waals surface area contributed by atoms with Gasteiger partial charge in [-0.25, -0.2) is 8.78 Å². The molecule has 5 N–H and O–H groups in total. The van der Waals surface area contributed by atoms with E-state index in [1.54, 1.807) is 17.0 Å². The molecule has 1 unspecified atom stereocenters. The molecule has 0 aromatic heterocycles. The summed E-state index contributed by atoms with van der Waals surface area (Å²) in [6.07, 6.45) is -0.637. The number of nitrogen functional groups attached to an aromatic ring is 1. The molecule has 0 saturated carbocycles. The van der Waals surface area contributed by atoms with E-state index in [1.165, 1.54) is 6.07 Å². The maximum Gasteiger partial charge on any atom is 0.251 e. The number of benzene rings is 2. The number of nitrogens with zero attached hydrogens (tertiary/aromatic N) is 1. The van der Waals surface area contributed by atoms with Crippen LogP contribution in [-0.4, -0.2) is 43.2 Å². The number of aliphatic hydroxyl groups is 1. The van der Waals surface area contributed by atoms with E-state index in [4.69, 9.17) is 28.9 Å². The molecule has 0 bridgehead atoms. The van der Waals surface area contributed by atoms with E-state index in [0.29, 0.717) is 11.3 Å². The summed E-state index contributed by atoms with van der Waals surface area (Å²) in [5.74, 6) is -4.08. The molecule has 3 rings (SSSR count). The van der Waals surface area contributed by atoms with Crippen molar-refractivity contribution in [2.24, 2.45) is 0 Å². The van der Waals surface area contributed by atoms with Crippen molar-refractivity contribution >= 4 is 51.9 Å². The Morgan fingerprint density at radius 3 is 2.44 bits per heavy atom. The number of nitrogens with two attached hydrogens (primary N) is 1. The number of carbonyl (C=O) groups is 1. The number of carbonyl (C=O) groups excluding carboxylic acids is 1. The average Bonchev–Trinajstić information content (AvgIpc) is 2.74. The Balaban J connectivity index is 1.85. The van der Waals surface area contributed by atoms with Crippen molar-refractivity contribution in [3.63, 3.8) is 0 Å². The van der Waals surface area contributed by atoms with Crippen molar-refractivity contribution in [1.29, 1.82) is 0 Å². The summed E-state index contributed by atoms with van der Waals surface area (Å²) in [6.45, 7) is 2.45. The second-order valence-electron chi connectivity index (χ2n) is 7.70. The molecule has 1 amide bonds. The number of aliphatic hydroxyl groups excluding tert-OH is 1. The number of hydrogen-bond donors (Lipinski definition) is 4. The average molecular weight is 487 g/mol. The summed E-state index contributed by atoms with van der Waals surface area (Å²) in [5, 5.41) is 16.0. The molecule has 0 radical (unpaired) electrons. The van der Waals surface area contributed by atoms with E-state index in [0.717, 1.165) is 12.2 Å². The largest absolute Gasteiger partial charge is 0.397 e. The minimum absolute atomic E-state index is 0.0706. The molecule has 1 heterocycles. The lowest BCUT2D eigenvalue weighted by atomic mass is 9.98. The zero-order valence-electron chi connectivity index (χ0n) is 17.6. The van der Waals surface area contributed by atoms with Crippen molar-refractivity contribution in [2.45, 2.75) is 31.6 Å². The van der Waals surface area contributed by atoms with Gasteiger partial charge >= 0.3 is 0 Å². The standard InChI is InChI=1S/C22H26Cl2F2N4O2/c1-2-28-14-5-3-13(4-6-14)15(12-31)21(32)29-19-17(27)11-16(23)20(18(19)24)30-9-7-22(25,26)8-10-30/h3-6,11,15,28,31H,2,7-10,12,27H2,1H3,(H,29,32). The minimum atomic E-state index is -2.73. The monoisotopic (exact) mass is 486 g/mol. The second-order valence-corrected chi connectivity index (χ2v) is 8.49. The molecule has 10 heteroatoms. The first kappa shape index (κ1) is 24.4. The molecule has 1 saturated heterocycles. The normalized spacial score (nSPS) is 16.5. The highest BCUT2D eigenvalue weighted by Gasteiger charge is 2.35. The predicted molar refractivity (Wildman–Crippen MR) is 126 cm³/mol. The van der Waals surface area contributed by atoms with Crippen molar-refractivity contribution in [1.82, 2.24) is 0 Å². The zero-order valence-corrected chi connectivity index (χ0v) is 19.1. The van der Waals surface area contributed by atoms with Crippen molar-refractivity contribution in [2.75, 3.05) is 47.5 Å². The van der Waals surface area contributed by atoms with E-state index in [2.05, 4.69) is 10.6 Å². The highest BCUT2D eigenvalue weighted by atomic mass is 35.5. The Labute approximate surface area is 195 Å². The highest BCUT2D eigenvalue weighted by molar-refractivity contribution is 6.42. The summed E-state index contributed by atoms with van der Waals surface area (Å²) in [6, 6.07) is 8.59. The SMILES string of the molecule is CCNc1ccc(C(CO)C(=O)Nc2c(N)cc(Cl)c(N3CCC(F)(F)CC3)c2Cl)cc1. The third-order valence-electron chi connectivity index (χ3n) is 5.48. The first-order valence-electron chi connectivity index (χ1n) is 10.3. The maximum atomic E-state index is 13.6. The molecule has 1 atom stereocenters. The fourth-order valence-corrected chi connectivity index (χ4v) is 4.45. The van der Waals surface area contributed by atoms with Crippen LogP contribution in [0.5, 0.6) is 0 Å². The van der Waals surface area contributed by atoms with E-state index < -0.39 is 24.4 Å². The van der Waals surface area contributed by atoms with Crippen LogP contribution >= 0.6 is 23.2 Å². The first-order valence-corrected chi connectivity index (χ1v) is 11.1. The van der Waals surface area contributed by atoms with Crippen LogP contribution in [0.15, 0.2) is 30.3 Å². The summed E-state index contributed by atoms with van der Waals surface area (Å²) in [5.41, 5.74) is 8.19. The van der Waals surface area contributed by atoms with E-state index in [1.807, 2.05) is 19.1 Å². The smallest absolute Gasteiger partial charge is 0.251 e. The number of alkyl halides is 2. The van der Waals surface area contributed by atoms with Gasteiger partial charge < -0.3 is 26.4 Å². The van der Waals surface area contributed by atoms with Gasteiger partial charge in [-0.1, -0.05) is 35.3 Å². The molecule has 32 heavy (non-hydrogen) atoms. The molecule has 0 spiro atoms. The lowest BCUT2D eigenvalue weighted by Crippen LogP contribution is -2.39. The van der Waals surface area contributed by atoms with Crippen LogP contribution in [0.1, 0.15) is 31.2 Å². The third-order valence-corrected chi connectivity index (χ3v) is 6.13. The molecule has 2 aromatic carbocycles. The van der Waals surface area contributed by atoms with Gasteiger partial charge in [0.05, 0.1) is 39.6 Å². The van der Waals surface area contributed by atoms with Gasteiger partial charge in [0.1, 0.15) is 0 Å². The lowest BCUT2D eigenvalue weighted by molar-refractivity contribution is -0.118. The fraction of sp³-hybridized carbons (Fsp3) is 0.409. The van der Waals surface area contributed by atoms with E-state index >= 15 is 0 Å². The van der Waals surface area contributed by atoms with E-state index in [9.17, 15) is 18.7 Å². The molecule has 2 aromatic rings. The molecule has 1 fully saturated rings. The fourth-order valence-electron chi connectivity index (χ4n) is 3.69. The number of amides is 1. The summed E-state index contributed by atoms with van der Waals surface area (Å²) < 4.78 is 27.1. The van der Waals surface area contributed by atoms with Crippen LogP contribution in [0, 0.1) is 0 Å². The zero-order chi connectivity index (χ0) is 23.5. The topological polar surface area (TPSA) is 90.6 Å². The number of nitrogens with one attached hydrogen (secondary N) is 2. The van der Waals surface area contributed by atoms with Gasteiger partial charge in [-0.2, -0.15) is 0 Å². The highest BCUT2D eigenvalue weighted by Crippen LogP contribution is 2.45.